The van der Waals surface area contributed by atoms with Crippen molar-refractivity contribution in [2.45, 2.75) is 39.7 Å². The number of carboxylic acid groups (broad SMARTS) is 1. The van der Waals surface area contributed by atoms with Gasteiger partial charge in [-0.05, 0) is 19.8 Å². The van der Waals surface area contributed by atoms with E-state index < -0.39 is 5.97 Å². The summed E-state index contributed by atoms with van der Waals surface area (Å²) in [6, 6.07) is 0. The van der Waals surface area contributed by atoms with Gasteiger partial charge in [0, 0.05) is 6.61 Å². The topological polar surface area (TPSA) is 46.5 Å². The third-order valence-corrected chi connectivity index (χ3v) is 2.05. The summed E-state index contributed by atoms with van der Waals surface area (Å²) in [7, 11) is 0. The van der Waals surface area contributed by atoms with Gasteiger partial charge >= 0.3 is 5.97 Å². The minimum atomic E-state index is -0.742. The predicted molar refractivity (Wildman–Crippen MR) is 47.1 cm³/mol. The van der Waals surface area contributed by atoms with Gasteiger partial charge in [0.25, 0.3) is 0 Å². The maximum absolute atomic E-state index is 10.4. The van der Waals surface area contributed by atoms with Crippen LogP contribution in [0.1, 0.15) is 33.6 Å². The summed E-state index contributed by atoms with van der Waals surface area (Å²) in [5.41, 5.74) is 0. The predicted octanol–water partition coefficient (Wildman–Crippen LogP) is 1.91. The smallest absolute Gasteiger partial charge is 0.303 e. The summed E-state index contributed by atoms with van der Waals surface area (Å²) in [6.45, 7) is 6.49. The fourth-order valence-corrected chi connectivity index (χ4v) is 1.27. The van der Waals surface area contributed by atoms with E-state index in [0.717, 1.165) is 6.42 Å². The quantitative estimate of drug-likeness (QED) is 0.669. The molecule has 0 saturated carbocycles. The van der Waals surface area contributed by atoms with E-state index in [0.29, 0.717) is 6.61 Å². The molecule has 0 bridgehead atoms. The maximum Gasteiger partial charge on any atom is 0.303 e. The molecule has 0 aliphatic rings. The Morgan fingerprint density at radius 3 is 2.42 bits per heavy atom. The van der Waals surface area contributed by atoms with E-state index in [9.17, 15) is 4.79 Å². The van der Waals surface area contributed by atoms with Gasteiger partial charge in [0.2, 0.25) is 0 Å². The first-order valence-electron chi connectivity index (χ1n) is 4.45. The molecule has 0 heterocycles. The first kappa shape index (κ1) is 11.4. The number of rotatable bonds is 6. The Morgan fingerprint density at radius 2 is 2.08 bits per heavy atom. The average molecular weight is 174 g/mol. The fraction of sp³-hybridized carbons (Fsp3) is 0.889. The number of carbonyl (C=O) groups is 1. The number of hydrogen-bond acceptors (Lipinski definition) is 2. The van der Waals surface area contributed by atoms with Crippen molar-refractivity contribution in [1.29, 1.82) is 0 Å². The Kier molecular flexibility index (Phi) is 5.72. The molecule has 3 nitrogen and oxygen atoms in total. The standard InChI is InChI=1S/C9H18O3/c1-4-8(6-9(10)11)7(3)12-5-2/h7-8H,4-6H2,1-3H3,(H,10,11). The van der Waals surface area contributed by atoms with Gasteiger partial charge in [0.15, 0.2) is 0 Å². The number of ether oxygens (including phenoxy) is 1. The zero-order valence-corrected chi connectivity index (χ0v) is 8.04. The van der Waals surface area contributed by atoms with E-state index >= 15 is 0 Å². The average Bonchev–Trinajstić information content (AvgIpc) is 2.00. The molecular formula is C9H18O3. The second kappa shape index (κ2) is 6.00. The van der Waals surface area contributed by atoms with Crippen LogP contribution < -0.4 is 0 Å². The van der Waals surface area contributed by atoms with E-state index in [1.165, 1.54) is 0 Å². The van der Waals surface area contributed by atoms with Gasteiger partial charge in [-0.25, -0.2) is 0 Å². The molecule has 0 rings (SSSR count). The van der Waals surface area contributed by atoms with Gasteiger partial charge in [-0.3, -0.25) is 4.79 Å². The Balaban J connectivity index is 3.86. The van der Waals surface area contributed by atoms with Crippen molar-refractivity contribution in [1.82, 2.24) is 0 Å². The minimum Gasteiger partial charge on any atom is -0.481 e. The molecular weight excluding hydrogens is 156 g/mol. The van der Waals surface area contributed by atoms with Crippen LogP contribution in [0.3, 0.4) is 0 Å². The molecule has 1 N–H and O–H groups in total. The SMILES string of the molecule is CCOC(C)C(CC)CC(=O)O. The van der Waals surface area contributed by atoms with Gasteiger partial charge < -0.3 is 9.84 Å². The lowest BCUT2D eigenvalue weighted by Gasteiger charge is -2.20. The highest BCUT2D eigenvalue weighted by molar-refractivity contribution is 5.67. The van der Waals surface area contributed by atoms with Crippen LogP contribution in [0.2, 0.25) is 0 Å². The molecule has 0 aromatic rings. The monoisotopic (exact) mass is 174 g/mol. The molecule has 0 spiro atoms. The van der Waals surface area contributed by atoms with Crippen LogP contribution in [-0.2, 0) is 9.53 Å². The number of carboxylic acids is 1. The van der Waals surface area contributed by atoms with Crippen LogP contribution in [0.4, 0.5) is 0 Å². The minimum absolute atomic E-state index is 0.0519. The van der Waals surface area contributed by atoms with Crippen molar-refractivity contribution < 1.29 is 14.6 Å². The van der Waals surface area contributed by atoms with Gasteiger partial charge in [-0.1, -0.05) is 13.3 Å². The Morgan fingerprint density at radius 1 is 1.50 bits per heavy atom. The molecule has 72 valence electrons. The molecule has 0 saturated heterocycles. The summed E-state index contributed by atoms with van der Waals surface area (Å²) >= 11 is 0. The largest absolute Gasteiger partial charge is 0.481 e. The molecule has 0 aliphatic carbocycles. The molecule has 0 aromatic carbocycles. The molecule has 3 heteroatoms. The maximum atomic E-state index is 10.4. The lowest BCUT2D eigenvalue weighted by Crippen LogP contribution is -2.22. The van der Waals surface area contributed by atoms with Crippen LogP contribution in [0.5, 0.6) is 0 Å². The lowest BCUT2D eigenvalue weighted by atomic mass is 9.97. The van der Waals surface area contributed by atoms with E-state index in [4.69, 9.17) is 9.84 Å². The Labute approximate surface area is 73.7 Å². The molecule has 0 aromatic heterocycles. The highest BCUT2D eigenvalue weighted by Crippen LogP contribution is 2.15. The van der Waals surface area contributed by atoms with Crippen molar-refractivity contribution in [2.75, 3.05) is 6.61 Å². The van der Waals surface area contributed by atoms with Crippen molar-refractivity contribution in [2.24, 2.45) is 5.92 Å². The van der Waals surface area contributed by atoms with Crippen LogP contribution in [-0.4, -0.2) is 23.8 Å². The zero-order chi connectivity index (χ0) is 9.56. The van der Waals surface area contributed by atoms with E-state index in [1.54, 1.807) is 0 Å². The van der Waals surface area contributed by atoms with E-state index in [-0.39, 0.29) is 18.4 Å². The second-order valence-corrected chi connectivity index (χ2v) is 2.93. The molecule has 0 amide bonds. The Bertz CT molecular complexity index is 134. The summed E-state index contributed by atoms with van der Waals surface area (Å²) in [5.74, 6) is -0.601. The zero-order valence-electron chi connectivity index (χ0n) is 8.04. The lowest BCUT2D eigenvalue weighted by molar-refractivity contribution is -0.139. The molecule has 2 atom stereocenters. The molecule has 12 heavy (non-hydrogen) atoms. The van der Waals surface area contributed by atoms with Crippen molar-refractivity contribution in [3.05, 3.63) is 0 Å². The first-order chi connectivity index (χ1) is 5.61. The Hall–Kier alpha value is -0.570. The fourth-order valence-electron chi connectivity index (χ4n) is 1.27. The van der Waals surface area contributed by atoms with Crippen molar-refractivity contribution in [3.8, 4) is 0 Å². The van der Waals surface area contributed by atoms with Gasteiger partial charge in [0.1, 0.15) is 0 Å². The molecule has 0 fully saturated rings. The second-order valence-electron chi connectivity index (χ2n) is 2.93. The van der Waals surface area contributed by atoms with E-state index in [1.807, 2.05) is 20.8 Å². The van der Waals surface area contributed by atoms with Gasteiger partial charge in [0.05, 0.1) is 12.5 Å². The highest BCUT2D eigenvalue weighted by Gasteiger charge is 2.18. The number of hydrogen-bond donors (Lipinski definition) is 1. The summed E-state index contributed by atoms with van der Waals surface area (Å²) in [5, 5.41) is 8.58. The summed E-state index contributed by atoms with van der Waals surface area (Å²) in [6.07, 6.45) is 1.11. The first-order valence-corrected chi connectivity index (χ1v) is 4.45. The van der Waals surface area contributed by atoms with Crippen LogP contribution in [0.15, 0.2) is 0 Å². The van der Waals surface area contributed by atoms with Crippen LogP contribution in [0.25, 0.3) is 0 Å². The van der Waals surface area contributed by atoms with Gasteiger partial charge in [-0.15, -0.1) is 0 Å². The third-order valence-electron chi connectivity index (χ3n) is 2.05. The normalized spacial score (nSPS) is 15.6. The van der Waals surface area contributed by atoms with Gasteiger partial charge in [-0.2, -0.15) is 0 Å². The summed E-state index contributed by atoms with van der Waals surface area (Å²) < 4.78 is 5.33. The van der Waals surface area contributed by atoms with E-state index in [2.05, 4.69) is 0 Å². The third kappa shape index (κ3) is 4.34. The number of aliphatic carboxylic acids is 1. The highest BCUT2D eigenvalue weighted by atomic mass is 16.5. The molecule has 2 unspecified atom stereocenters. The molecule has 0 radical (unpaired) electrons. The van der Waals surface area contributed by atoms with Crippen LogP contribution >= 0.6 is 0 Å². The molecule has 0 aliphatic heterocycles. The van der Waals surface area contributed by atoms with Crippen LogP contribution in [0, 0.1) is 5.92 Å². The van der Waals surface area contributed by atoms with Crippen molar-refractivity contribution >= 4 is 5.97 Å². The van der Waals surface area contributed by atoms with Crippen molar-refractivity contribution in [3.63, 3.8) is 0 Å². The summed E-state index contributed by atoms with van der Waals surface area (Å²) in [4.78, 5) is 10.4.